The van der Waals surface area contributed by atoms with Gasteiger partial charge in [-0.15, -0.1) is 11.3 Å². The number of nitrogens with one attached hydrogen (secondary N) is 1. The summed E-state index contributed by atoms with van der Waals surface area (Å²) in [6.45, 7) is 12.8. The Morgan fingerprint density at radius 3 is 2.17 bits per heavy atom. The third kappa shape index (κ3) is 4.07. The molecule has 2 N–H and O–H groups in total. The third-order valence-corrected chi connectivity index (χ3v) is 3.39. The molecule has 4 nitrogen and oxygen atoms in total. The van der Waals surface area contributed by atoms with Gasteiger partial charge in [0.25, 0.3) is 0 Å². The van der Waals surface area contributed by atoms with E-state index in [4.69, 9.17) is 0 Å². The van der Waals surface area contributed by atoms with Gasteiger partial charge in [0.1, 0.15) is 9.88 Å². The van der Waals surface area contributed by atoms with Crippen LogP contribution in [0.4, 0.5) is 0 Å². The molecule has 102 valence electrons. The topological polar surface area (TPSA) is 62.2 Å². The van der Waals surface area contributed by atoms with Crippen molar-refractivity contribution in [3.8, 4) is 0 Å². The van der Waals surface area contributed by atoms with Crippen molar-refractivity contribution in [1.29, 1.82) is 0 Å². The lowest BCUT2D eigenvalue weighted by Crippen LogP contribution is -2.35. The van der Waals surface area contributed by atoms with Crippen LogP contribution in [-0.2, 0) is 12.0 Å². The smallest absolute Gasteiger partial charge is 0.347 e. The van der Waals surface area contributed by atoms with Crippen molar-refractivity contribution in [2.75, 3.05) is 0 Å². The summed E-state index contributed by atoms with van der Waals surface area (Å²) < 4.78 is 0. The molecule has 0 spiro atoms. The van der Waals surface area contributed by atoms with Gasteiger partial charge in [-0.2, -0.15) is 0 Å². The van der Waals surface area contributed by atoms with Crippen molar-refractivity contribution in [3.63, 3.8) is 0 Å². The fourth-order valence-electron chi connectivity index (χ4n) is 1.43. The summed E-state index contributed by atoms with van der Waals surface area (Å²) in [6, 6.07) is 0. The van der Waals surface area contributed by atoms with E-state index in [0.29, 0.717) is 17.1 Å². The molecular weight excluding hydrogens is 248 g/mol. The molecule has 0 fully saturated rings. The maximum atomic E-state index is 11.2. The molecule has 1 rings (SSSR count). The predicted molar refractivity (Wildman–Crippen MR) is 74.4 cm³/mol. The number of carbonyl (C=O) groups is 1. The summed E-state index contributed by atoms with van der Waals surface area (Å²) in [5, 5.41) is 13.4. The molecule has 18 heavy (non-hydrogen) atoms. The summed E-state index contributed by atoms with van der Waals surface area (Å²) in [7, 11) is 0. The van der Waals surface area contributed by atoms with Crippen molar-refractivity contribution >= 4 is 17.3 Å². The van der Waals surface area contributed by atoms with Crippen LogP contribution in [0.15, 0.2) is 0 Å². The Balaban J connectivity index is 3.00. The van der Waals surface area contributed by atoms with Crippen LogP contribution in [0.5, 0.6) is 0 Å². The highest BCUT2D eigenvalue weighted by molar-refractivity contribution is 7.13. The lowest BCUT2D eigenvalue weighted by molar-refractivity contribution is 0.0699. The molecule has 0 amide bonds. The van der Waals surface area contributed by atoms with Gasteiger partial charge in [0.05, 0.1) is 5.69 Å². The van der Waals surface area contributed by atoms with Gasteiger partial charge in [0.2, 0.25) is 0 Å². The molecule has 0 unspecified atom stereocenters. The van der Waals surface area contributed by atoms with E-state index in [1.54, 1.807) is 0 Å². The van der Waals surface area contributed by atoms with Crippen LogP contribution in [0.3, 0.4) is 0 Å². The molecule has 0 aromatic carbocycles. The average Bonchev–Trinajstić information content (AvgIpc) is 2.56. The largest absolute Gasteiger partial charge is 0.477 e. The first-order chi connectivity index (χ1) is 8.00. The number of hydrogen-bond acceptors (Lipinski definition) is 4. The second-order valence-corrected chi connectivity index (χ2v) is 7.53. The Labute approximate surface area is 112 Å². The molecule has 1 aromatic heterocycles. The zero-order valence-corrected chi connectivity index (χ0v) is 12.7. The molecule has 1 heterocycles. The monoisotopic (exact) mass is 270 g/mol. The van der Waals surface area contributed by atoms with Crippen LogP contribution >= 0.6 is 11.3 Å². The summed E-state index contributed by atoms with van der Waals surface area (Å²) in [5.41, 5.74) is 0.423. The molecule has 0 radical (unpaired) electrons. The zero-order chi connectivity index (χ0) is 14.1. The van der Waals surface area contributed by atoms with Crippen LogP contribution in [0, 0.1) is 0 Å². The highest BCUT2D eigenvalue weighted by Crippen LogP contribution is 2.29. The molecule has 0 aliphatic rings. The van der Waals surface area contributed by atoms with Crippen LogP contribution in [-0.4, -0.2) is 21.6 Å². The van der Waals surface area contributed by atoms with Gasteiger partial charge in [-0.25, -0.2) is 9.78 Å². The van der Waals surface area contributed by atoms with Crippen LogP contribution < -0.4 is 5.32 Å². The lowest BCUT2D eigenvalue weighted by Gasteiger charge is -2.19. The molecule has 1 aromatic rings. The Morgan fingerprint density at radius 1 is 1.28 bits per heavy atom. The number of thiazole rings is 1. The molecule has 0 bridgehead atoms. The molecule has 5 heteroatoms. The van der Waals surface area contributed by atoms with Gasteiger partial charge in [-0.1, -0.05) is 20.8 Å². The van der Waals surface area contributed by atoms with Crippen LogP contribution in [0.1, 0.15) is 61.9 Å². The minimum absolute atomic E-state index is 0.00302. The maximum absolute atomic E-state index is 11.2. The molecule has 0 aliphatic heterocycles. The molecule has 0 aliphatic carbocycles. The first-order valence-electron chi connectivity index (χ1n) is 5.99. The van der Waals surface area contributed by atoms with Gasteiger partial charge < -0.3 is 10.4 Å². The second kappa shape index (κ2) is 4.97. The standard InChI is InChI=1S/C13H22N2O2S/c1-12(2,3)10-9(11(16)17)18-8(15-10)7-14-13(4,5)6/h14H,7H2,1-6H3,(H,16,17). The average molecular weight is 270 g/mol. The van der Waals surface area contributed by atoms with Crippen molar-refractivity contribution in [1.82, 2.24) is 10.3 Å². The minimum Gasteiger partial charge on any atom is -0.477 e. The quantitative estimate of drug-likeness (QED) is 0.886. The van der Waals surface area contributed by atoms with Gasteiger partial charge in [-0.05, 0) is 20.8 Å². The second-order valence-electron chi connectivity index (χ2n) is 6.44. The zero-order valence-electron chi connectivity index (χ0n) is 11.9. The van der Waals surface area contributed by atoms with Gasteiger partial charge >= 0.3 is 5.97 Å². The summed E-state index contributed by atoms with van der Waals surface area (Å²) in [6.07, 6.45) is 0. The van der Waals surface area contributed by atoms with Crippen molar-refractivity contribution in [2.45, 2.75) is 59.0 Å². The number of rotatable bonds is 3. The van der Waals surface area contributed by atoms with E-state index in [0.717, 1.165) is 5.01 Å². The van der Waals surface area contributed by atoms with Crippen molar-refractivity contribution in [2.24, 2.45) is 0 Å². The summed E-state index contributed by atoms with van der Waals surface area (Å²) in [4.78, 5) is 16.1. The Morgan fingerprint density at radius 2 is 1.83 bits per heavy atom. The number of carboxylic acid groups (broad SMARTS) is 1. The van der Waals surface area contributed by atoms with E-state index in [-0.39, 0.29) is 11.0 Å². The van der Waals surface area contributed by atoms with Gasteiger partial charge in [-0.3, -0.25) is 0 Å². The molecular formula is C13H22N2O2S. The van der Waals surface area contributed by atoms with Gasteiger partial charge in [0.15, 0.2) is 0 Å². The minimum atomic E-state index is -0.889. The van der Waals surface area contributed by atoms with E-state index in [1.165, 1.54) is 11.3 Å². The van der Waals surface area contributed by atoms with Gasteiger partial charge in [0, 0.05) is 17.5 Å². The van der Waals surface area contributed by atoms with E-state index in [2.05, 4.69) is 31.1 Å². The number of nitrogens with zero attached hydrogens (tertiary/aromatic N) is 1. The first kappa shape index (κ1) is 15.1. The highest BCUT2D eigenvalue weighted by Gasteiger charge is 2.27. The predicted octanol–water partition coefficient (Wildman–Crippen LogP) is 3.03. The summed E-state index contributed by atoms with van der Waals surface area (Å²) in [5.74, 6) is -0.889. The Hall–Kier alpha value is -0.940. The number of carboxylic acids is 1. The van der Waals surface area contributed by atoms with E-state index >= 15 is 0 Å². The maximum Gasteiger partial charge on any atom is 0.347 e. The highest BCUT2D eigenvalue weighted by atomic mass is 32.1. The number of aromatic carboxylic acids is 1. The lowest BCUT2D eigenvalue weighted by atomic mass is 9.91. The third-order valence-electron chi connectivity index (χ3n) is 2.35. The van der Waals surface area contributed by atoms with E-state index < -0.39 is 5.97 Å². The van der Waals surface area contributed by atoms with E-state index in [1.807, 2.05) is 20.8 Å². The van der Waals surface area contributed by atoms with Crippen molar-refractivity contribution < 1.29 is 9.90 Å². The fourth-order valence-corrected chi connectivity index (χ4v) is 2.49. The fraction of sp³-hybridized carbons (Fsp3) is 0.692. The Kier molecular flexibility index (Phi) is 4.18. The first-order valence-corrected chi connectivity index (χ1v) is 6.81. The SMILES string of the molecule is CC(C)(C)NCc1nc(C(C)(C)C)c(C(=O)O)s1. The summed E-state index contributed by atoms with van der Waals surface area (Å²) >= 11 is 1.26. The molecule has 0 saturated carbocycles. The number of hydrogen-bond donors (Lipinski definition) is 2. The van der Waals surface area contributed by atoms with Crippen LogP contribution in [0.25, 0.3) is 0 Å². The Bertz CT molecular complexity index is 439. The van der Waals surface area contributed by atoms with E-state index in [9.17, 15) is 9.90 Å². The normalized spacial score (nSPS) is 12.8. The van der Waals surface area contributed by atoms with Crippen molar-refractivity contribution in [3.05, 3.63) is 15.6 Å². The number of aromatic nitrogens is 1. The molecule has 0 saturated heterocycles. The molecule has 0 atom stereocenters. The van der Waals surface area contributed by atoms with Crippen LogP contribution in [0.2, 0.25) is 0 Å².